The zero-order valence-electron chi connectivity index (χ0n) is 15.8. The second-order valence-electron chi connectivity index (χ2n) is 6.82. The topological polar surface area (TPSA) is 98.1 Å². The number of rotatable bonds is 5. The van der Waals surface area contributed by atoms with E-state index in [4.69, 9.17) is 16.3 Å². The summed E-state index contributed by atoms with van der Waals surface area (Å²) >= 11 is 6.03. The van der Waals surface area contributed by atoms with Crippen molar-refractivity contribution in [2.24, 2.45) is 0 Å². The Morgan fingerprint density at radius 2 is 1.93 bits per heavy atom. The highest BCUT2D eigenvalue weighted by Gasteiger charge is 2.33. The van der Waals surface area contributed by atoms with E-state index in [1.54, 1.807) is 11.8 Å². The minimum absolute atomic E-state index is 0.0201. The van der Waals surface area contributed by atoms with E-state index in [-0.39, 0.29) is 18.0 Å². The molecule has 4 rings (SSSR count). The Kier molecular flexibility index (Phi) is 5.10. The average molecular weight is 434 g/mol. The van der Waals surface area contributed by atoms with Gasteiger partial charge >= 0.3 is 0 Å². The lowest BCUT2D eigenvalue weighted by atomic mass is 9.93. The number of fused-ring (bicyclic) bond motifs is 1. The molecule has 2 atom stereocenters. The number of hydrogen-bond acceptors (Lipinski definition) is 6. The molecule has 8 nitrogen and oxygen atoms in total. The highest BCUT2D eigenvalue weighted by Crippen LogP contribution is 2.41. The third-order valence-electron chi connectivity index (χ3n) is 4.74. The molecule has 2 heterocycles. The molecule has 29 heavy (non-hydrogen) atoms. The summed E-state index contributed by atoms with van der Waals surface area (Å²) in [6, 6.07) is 15.0. The lowest BCUT2D eigenvalue weighted by molar-refractivity contribution is 0.380. The monoisotopic (exact) mass is 433 g/mol. The van der Waals surface area contributed by atoms with E-state index in [1.807, 2.05) is 48.5 Å². The summed E-state index contributed by atoms with van der Waals surface area (Å²) in [7, 11) is -1.88. The van der Waals surface area contributed by atoms with Gasteiger partial charge in [-0.1, -0.05) is 41.9 Å². The Hall–Kier alpha value is -2.78. The third kappa shape index (κ3) is 4.15. The summed E-state index contributed by atoms with van der Waals surface area (Å²) in [6.45, 7) is 0. The predicted octanol–water partition coefficient (Wildman–Crippen LogP) is 3.46. The molecule has 0 unspecified atom stereocenters. The van der Waals surface area contributed by atoms with Crippen molar-refractivity contribution in [2.45, 2.75) is 18.5 Å². The summed E-state index contributed by atoms with van der Waals surface area (Å²) in [5.74, 6) is 1.22. The zero-order valence-corrected chi connectivity index (χ0v) is 17.4. The van der Waals surface area contributed by atoms with Gasteiger partial charge in [-0.2, -0.15) is 4.98 Å². The molecule has 1 aromatic heterocycles. The lowest BCUT2D eigenvalue weighted by Crippen LogP contribution is -2.28. The minimum atomic E-state index is -3.50. The van der Waals surface area contributed by atoms with Gasteiger partial charge in [0.25, 0.3) is 5.95 Å². The largest absolute Gasteiger partial charge is 0.496 e. The number of benzene rings is 2. The fourth-order valence-corrected chi connectivity index (χ4v) is 4.04. The van der Waals surface area contributed by atoms with Crippen molar-refractivity contribution in [1.82, 2.24) is 14.8 Å². The highest BCUT2D eigenvalue weighted by molar-refractivity contribution is 7.91. The van der Waals surface area contributed by atoms with Crippen LogP contribution in [0, 0.1) is 0 Å². The molecule has 0 radical (unpaired) electrons. The summed E-state index contributed by atoms with van der Waals surface area (Å²) in [6.07, 6.45) is 1.73. The van der Waals surface area contributed by atoms with Gasteiger partial charge in [0.15, 0.2) is 0 Å². The van der Waals surface area contributed by atoms with Crippen LogP contribution in [-0.2, 0) is 10.0 Å². The van der Waals surface area contributed by atoms with E-state index in [0.29, 0.717) is 17.4 Å². The van der Waals surface area contributed by atoms with Crippen LogP contribution in [0.3, 0.4) is 0 Å². The highest BCUT2D eigenvalue weighted by atomic mass is 35.5. The maximum atomic E-state index is 11.6. The van der Waals surface area contributed by atoms with E-state index >= 15 is 0 Å². The lowest BCUT2D eigenvalue weighted by Gasteiger charge is -2.32. The molecule has 152 valence electrons. The molecule has 10 heteroatoms. The minimum Gasteiger partial charge on any atom is -0.496 e. The van der Waals surface area contributed by atoms with E-state index in [1.165, 1.54) is 0 Å². The molecular formula is C19H20ClN5O3S. The quantitative estimate of drug-likeness (QED) is 0.639. The number of ether oxygens (including phenoxy) is 1. The Labute approximate surface area is 173 Å². The SMILES string of the molecule is COc1ccccc1[C@@H]1C[C@H](c2ccc(Cl)cc2)Nc2nc(NS(C)(=O)=O)nn21. The molecule has 0 fully saturated rings. The normalized spacial score (nSPS) is 18.6. The molecule has 1 aliphatic heterocycles. The second kappa shape index (κ2) is 7.57. The summed E-state index contributed by atoms with van der Waals surface area (Å²) in [4.78, 5) is 4.34. The maximum Gasteiger partial charge on any atom is 0.257 e. The van der Waals surface area contributed by atoms with Gasteiger partial charge in [0.05, 0.1) is 25.4 Å². The first-order chi connectivity index (χ1) is 13.8. The van der Waals surface area contributed by atoms with Gasteiger partial charge in [0.2, 0.25) is 16.0 Å². The first-order valence-corrected chi connectivity index (χ1v) is 11.2. The van der Waals surface area contributed by atoms with Gasteiger partial charge < -0.3 is 10.1 Å². The Morgan fingerprint density at radius 1 is 1.21 bits per heavy atom. The van der Waals surface area contributed by atoms with Crippen LogP contribution in [0.4, 0.5) is 11.9 Å². The van der Waals surface area contributed by atoms with Crippen molar-refractivity contribution < 1.29 is 13.2 Å². The third-order valence-corrected chi connectivity index (χ3v) is 5.54. The Morgan fingerprint density at radius 3 is 2.62 bits per heavy atom. The predicted molar refractivity (Wildman–Crippen MR) is 112 cm³/mol. The smallest absolute Gasteiger partial charge is 0.257 e. The standard InChI is InChI=1S/C19H20ClN5O3S/c1-28-17-6-4-3-5-14(17)16-11-15(12-7-9-13(20)10-8-12)21-19-22-18(23-25(16)19)24-29(2,26)27/h3-10,15-16H,11H2,1-2H3,(H2,21,22,23,24)/t15-,16+/m1/s1. The molecule has 0 saturated carbocycles. The summed E-state index contributed by atoms with van der Waals surface area (Å²) < 4.78 is 32.8. The Bertz CT molecular complexity index is 1130. The molecule has 3 aromatic rings. The number of anilines is 2. The molecular weight excluding hydrogens is 414 g/mol. The van der Waals surface area contributed by atoms with Gasteiger partial charge in [-0.05, 0) is 30.2 Å². The average Bonchev–Trinajstić information content (AvgIpc) is 3.08. The Balaban J connectivity index is 1.79. The van der Waals surface area contributed by atoms with E-state index in [0.717, 1.165) is 23.1 Å². The zero-order chi connectivity index (χ0) is 20.6. The number of para-hydroxylation sites is 1. The molecule has 0 bridgehead atoms. The molecule has 1 aliphatic rings. The van der Waals surface area contributed by atoms with Crippen LogP contribution in [0.15, 0.2) is 48.5 Å². The van der Waals surface area contributed by atoms with Crippen LogP contribution >= 0.6 is 11.6 Å². The molecule has 0 saturated heterocycles. The van der Waals surface area contributed by atoms with Gasteiger partial charge in [-0.25, -0.2) is 13.1 Å². The van der Waals surface area contributed by atoms with Crippen molar-refractivity contribution in [3.63, 3.8) is 0 Å². The van der Waals surface area contributed by atoms with Crippen LogP contribution < -0.4 is 14.8 Å². The molecule has 2 N–H and O–H groups in total. The van der Waals surface area contributed by atoms with Gasteiger partial charge in [0.1, 0.15) is 5.75 Å². The van der Waals surface area contributed by atoms with Crippen LogP contribution in [0.1, 0.15) is 29.6 Å². The fourth-order valence-electron chi connectivity index (χ4n) is 3.50. The first kappa shape index (κ1) is 19.5. The number of nitrogens with zero attached hydrogens (tertiary/aromatic N) is 3. The van der Waals surface area contributed by atoms with Crippen molar-refractivity contribution in [1.29, 1.82) is 0 Å². The van der Waals surface area contributed by atoms with E-state index < -0.39 is 10.0 Å². The first-order valence-electron chi connectivity index (χ1n) is 8.93. The number of halogens is 1. The maximum absolute atomic E-state index is 11.6. The molecule has 2 aromatic carbocycles. The van der Waals surface area contributed by atoms with Gasteiger partial charge in [-0.3, -0.25) is 4.72 Å². The van der Waals surface area contributed by atoms with Crippen LogP contribution in [0.25, 0.3) is 0 Å². The second-order valence-corrected chi connectivity index (χ2v) is 9.00. The number of methoxy groups -OCH3 is 1. The molecule has 0 spiro atoms. The van der Waals surface area contributed by atoms with Crippen molar-refractivity contribution in [2.75, 3.05) is 23.4 Å². The van der Waals surface area contributed by atoms with Crippen molar-refractivity contribution in [3.8, 4) is 5.75 Å². The van der Waals surface area contributed by atoms with Crippen LogP contribution in [-0.4, -0.2) is 36.5 Å². The van der Waals surface area contributed by atoms with E-state index in [9.17, 15) is 8.42 Å². The van der Waals surface area contributed by atoms with Crippen molar-refractivity contribution in [3.05, 3.63) is 64.7 Å². The van der Waals surface area contributed by atoms with Crippen molar-refractivity contribution >= 4 is 33.5 Å². The molecule has 0 amide bonds. The van der Waals surface area contributed by atoms with E-state index in [2.05, 4.69) is 20.1 Å². The number of hydrogen-bond donors (Lipinski definition) is 2. The van der Waals surface area contributed by atoms with Gasteiger partial charge in [0, 0.05) is 10.6 Å². The summed E-state index contributed by atoms with van der Waals surface area (Å²) in [5.41, 5.74) is 1.98. The number of aromatic nitrogens is 3. The number of nitrogens with one attached hydrogen (secondary N) is 2. The fraction of sp³-hybridized carbons (Fsp3) is 0.263. The van der Waals surface area contributed by atoms with Crippen LogP contribution in [0.5, 0.6) is 5.75 Å². The molecule has 0 aliphatic carbocycles. The van der Waals surface area contributed by atoms with Crippen LogP contribution in [0.2, 0.25) is 5.02 Å². The van der Waals surface area contributed by atoms with Gasteiger partial charge in [-0.15, -0.1) is 5.10 Å². The number of sulfonamides is 1. The summed E-state index contributed by atoms with van der Waals surface area (Å²) in [5, 5.41) is 8.40.